The van der Waals surface area contributed by atoms with Crippen molar-refractivity contribution < 1.29 is 0 Å². The Hall–Kier alpha value is -1.74. The van der Waals surface area contributed by atoms with Crippen LogP contribution >= 0.6 is 11.6 Å². The molecule has 0 aliphatic rings. The van der Waals surface area contributed by atoms with Gasteiger partial charge in [0.1, 0.15) is 0 Å². The van der Waals surface area contributed by atoms with Gasteiger partial charge in [-0.05, 0) is 37.1 Å². The molecule has 0 unspecified atom stereocenters. The van der Waals surface area contributed by atoms with Crippen molar-refractivity contribution in [2.24, 2.45) is 0 Å². The Morgan fingerprint density at radius 1 is 1.05 bits per heavy atom. The second kappa shape index (κ2) is 7.00. The van der Waals surface area contributed by atoms with Gasteiger partial charge in [0.2, 0.25) is 0 Å². The van der Waals surface area contributed by atoms with Gasteiger partial charge in [-0.1, -0.05) is 23.7 Å². The van der Waals surface area contributed by atoms with Gasteiger partial charge in [0, 0.05) is 18.1 Å². The van der Waals surface area contributed by atoms with Crippen LogP contribution in [0.2, 0.25) is 5.02 Å². The molecule has 0 amide bonds. The zero-order chi connectivity index (χ0) is 13.5. The number of hydrogen-bond donors (Lipinski definition) is 2. The largest absolute Gasteiger partial charge is 0.384 e. The molecule has 0 aliphatic carbocycles. The normalized spacial score (nSPS) is 10.2. The first-order valence-electron chi connectivity index (χ1n) is 6.45. The summed E-state index contributed by atoms with van der Waals surface area (Å²) >= 11 is 5.86. The summed E-state index contributed by atoms with van der Waals surface area (Å²) < 4.78 is 0. The van der Waals surface area contributed by atoms with E-state index in [2.05, 4.69) is 40.7 Å². The Kier molecular flexibility index (Phi) is 5.04. The fourth-order valence-corrected chi connectivity index (χ4v) is 1.97. The van der Waals surface area contributed by atoms with Gasteiger partial charge in [-0.15, -0.1) is 0 Å². The second-order valence-electron chi connectivity index (χ2n) is 4.30. The molecule has 0 aliphatic heterocycles. The van der Waals surface area contributed by atoms with E-state index >= 15 is 0 Å². The van der Waals surface area contributed by atoms with E-state index in [9.17, 15) is 0 Å². The number of halogens is 1. The predicted octanol–water partition coefficient (Wildman–Crippen LogP) is 3.82. The van der Waals surface area contributed by atoms with Crippen LogP contribution in [0, 0.1) is 0 Å². The van der Waals surface area contributed by atoms with Crippen LogP contribution in [0.15, 0.2) is 42.7 Å². The van der Waals surface area contributed by atoms with Crippen molar-refractivity contribution in [1.29, 1.82) is 0 Å². The van der Waals surface area contributed by atoms with E-state index in [4.69, 9.17) is 11.6 Å². The highest BCUT2D eigenvalue weighted by atomic mass is 35.5. The van der Waals surface area contributed by atoms with Crippen molar-refractivity contribution in [3.05, 3.63) is 53.3 Å². The van der Waals surface area contributed by atoms with Gasteiger partial charge in [0.05, 0.1) is 23.8 Å². The summed E-state index contributed by atoms with van der Waals surface area (Å²) in [6, 6.07) is 10.0. The third kappa shape index (κ3) is 4.45. The number of aromatic nitrogens is 1. The summed E-state index contributed by atoms with van der Waals surface area (Å²) in [6.07, 6.45) is 4.62. The summed E-state index contributed by atoms with van der Waals surface area (Å²) in [6.45, 7) is 3.84. The highest BCUT2D eigenvalue weighted by molar-refractivity contribution is 6.30. The molecule has 0 fully saturated rings. The van der Waals surface area contributed by atoms with E-state index < -0.39 is 0 Å². The summed E-state index contributed by atoms with van der Waals surface area (Å²) in [7, 11) is 0. The van der Waals surface area contributed by atoms with E-state index in [0.29, 0.717) is 0 Å². The van der Waals surface area contributed by atoms with Gasteiger partial charge in [0.15, 0.2) is 0 Å². The topological polar surface area (TPSA) is 37.0 Å². The van der Waals surface area contributed by atoms with E-state index in [1.165, 1.54) is 5.56 Å². The van der Waals surface area contributed by atoms with Crippen LogP contribution in [0.1, 0.15) is 12.5 Å². The average Bonchev–Trinajstić information content (AvgIpc) is 2.42. The molecule has 4 heteroatoms. The quantitative estimate of drug-likeness (QED) is 0.841. The second-order valence-corrected chi connectivity index (χ2v) is 4.73. The van der Waals surface area contributed by atoms with E-state index in [-0.39, 0.29) is 0 Å². The third-order valence-electron chi connectivity index (χ3n) is 2.78. The van der Waals surface area contributed by atoms with Crippen LogP contribution in [0.5, 0.6) is 0 Å². The van der Waals surface area contributed by atoms with Crippen LogP contribution in [-0.2, 0) is 6.42 Å². The molecule has 100 valence electrons. The van der Waals surface area contributed by atoms with Gasteiger partial charge in [0.25, 0.3) is 0 Å². The number of rotatable bonds is 6. The minimum Gasteiger partial charge on any atom is -0.384 e. The smallest absolute Gasteiger partial charge is 0.0547 e. The van der Waals surface area contributed by atoms with Gasteiger partial charge >= 0.3 is 0 Å². The molecule has 19 heavy (non-hydrogen) atoms. The average molecular weight is 276 g/mol. The maximum absolute atomic E-state index is 5.86. The molecule has 0 spiro atoms. The number of anilines is 2. The van der Waals surface area contributed by atoms with Gasteiger partial charge in [-0.25, -0.2) is 0 Å². The van der Waals surface area contributed by atoms with Crippen LogP contribution in [0.4, 0.5) is 11.4 Å². The van der Waals surface area contributed by atoms with Crippen molar-refractivity contribution in [3.8, 4) is 0 Å². The molecule has 0 saturated carbocycles. The zero-order valence-electron chi connectivity index (χ0n) is 11.0. The van der Waals surface area contributed by atoms with Crippen LogP contribution in [-0.4, -0.2) is 18.1 Å². The van der Waals surface area contributed by atoms with Gasteiger partial charge in [-0.2, -0.15) is 0 Å². The predicted molar refractivity (Wildman–Crippen MR) is 82.0 cm³/mol. The summed E-state index contributed by atoms with van der Waals surface area (Å²) in [4.78, 5) is 4.20. The molecule has 0 radical (unpaired) electrons. The Bertz CT molecular complexity index is 511. The molecule has 1 aromatic heterocycles. The number of hydrogen-bond acceptors (Lipinski definition) is 3. The molecule has 3 nitrogen and oxygen atoms in total. The Morgan fingerprint density at radius 2 is 1.74 bits per heavy atom. The first kappa shape index (κ1) is 13.7. The molecule has 2 aromatic rings. The van der Waals surface area contributed by atoms with Crippen LogP contribution in [0.25, 0.3) is 0 Å². The molecule has 2 rings (SSSR count). The number of nitrogens with zero attached hydrogens (tertiary/aromatic N) is 1. The number of benzene rings is 1. The summed E-state index contributed by atoms with van der Waals surface area (Å²) in [5.74, 6) is 0. The molecule has 0 bridgehead atoms. The maximum Gasteiger partial charge on any atom is 0.0547 e. The molecule has 2 N–H and O–H groups in total. The monoisotopic (exact) mass is 275 g/mol. The van der Waals surface area contributed by atoms with Crippen molar-refractivity contribution in [2.45, 2.75) is 13.3 Å². The van der Waals surface area contributed by atoms with Gasteiger partial charge < -0.3 is 10.6 Å². The Labute approximate surface area is 119 Å². The lowest BCUT2D eigenvalue weighted by Crippen LogP contribution is -2.06. The standard InChI is InChI=1S/C15H18ClN3/c1-2-18-14-9-15(11-17-10-14)19-8-7-12-3-5-13(16)6-4-12/h3-6,9-11,18-19H,2,7-8H2,1H3. The fourth-order valence-electron chi connectivity index (χ4n) is 1.84. The highest BCUT2D eigenvalue weighted by Crippen LogP contribution is 2.13. The van der Waals surface area contributed by atoms with Crippen LogP contribution in [0.3, 0.4) is 0 Å². The molecule has 0 saturated heterocycles. The van der Waals surface area contributed by atoms with Crippen molar-refractivity contribution >= 4 is 23.0 Å². The molecule has 1 aromatic carbocycles. The molecular formula is C15H18ClN3. The maximum atomic E-state index is 5.86. The fraction of sp³-hybridized carbons (Fsp3) is 0.267. The SMILES string of the molecule is CCNc1cncc(NCCc2ccc(Cl)cc2)c1. The van der Waals surface area contributed by atoms with E-state index in [1.54, 1.807) is 0 Å². The van der Waals surface area contributed by atoms with Crippen molar-refractivity contribution in [1.82, 2.24) is 4.98 Å². The Balaban J connectivity index is 1.85. The minimum atomic E-state index is 0.777. The lowest BCUT2D eigenvalue weighted by Gasteiger charge is -2.08. The number of nitrogens with one attached hydrogen (secondary N) is 2. The minimum absolute atomic E-state index is 0.777. The lowest BCUT2D eigenvalue weighted by molar-refractivity contribution is 1.02. The first-order chi connectivity index (χ1) is 9.28. The number of pyridine rings is 1. The third-order valence-corrected chi connectivity index (χ3v) is 3.03. The van der Waals surface area contributed by atoms with Crippen molar-refractivity contribution in [3.63, 3.8) is 0 Å². The van der Waals surface area contributed by atoms with E-state index in [1.807, 2.05) is 24.5 Å². The molecule has 0 atom stereocenters. The summed E-state index contributed by atoms with van der Waals surface area (Å²) in [5, 5.41) is 7.39. The Morgan fingerprint density at radius 3 is 2.42 bits per heavy atom. The van der Waals surface area contributed by atoms with E-state index in [0.717, 1.165) is 35.9 Å². The zero-order valence-corrected chi connectivity index (χ0v) is 11.7. The summed E-state index contributed by atoms with van der Waals surface area (Å²) in [5.41, 5.74) is 3.35. The lowest BCUT2D eigenvalue weighted by atomic mass is 10.1. The molecular weight excluding hydrogens is 258 g/mol. The van der Waals surface area contributed by atoms with Gasteiger partial charge in [-0.3, -0.25) is 4.98 Å². The van der Waals surface area contributed by atoms with Crippen molar-refractivity contribution in [2.75, 3.05) is 23.7 Å². The highest BCUT2D eigenvalue weighted by Gasteiger charge is 1.97. The van der Waals surface area contributed by atoms with Crippen LogP contribution < -0.4 is 10.6 Å². The molecule has 1 heterocycles. The first-order valence-corrected chi connectivity index (χ1v) is 6.83.